The van der Waals surface area contributed by atoms with Crippen LogP contribution in [0.4, 0.5) is 4.79 Å². The molecule has 0 atom stereocenters. The number of ether oxygens (including phenoxy) is 1. The molecule has 22 heavy (non-hydrogen) atoms. The number of likely N-dealkylation sites (tertiary alicyclic amines) is 1. The molecule has 0 N–H and O–H groups in total. The summed E-state index contributed by atoms with van der Waals surface area (Å²) in [6, 6.07) is 8.20. The molecule has 2 rings (SSSR count). The van der Waals surface area contributed by atoms with Crippen molar-refractivity contribution in [3.8, 4) is 6.07 Å². The maximum absolute atomic E-state index is 12.1. The fourth-order valence-corrected chi connectivity index (χ4v) is 2.62. The van der Waals surface area contributed by atoms with Gasteiger partial charge in [0.05, 0.1) is 11.5 Å². The van der Waals surface area contributed by atoms with Gasteiger partial charge in [-0.2, -0.15) is 5.26 Å². The standard InChI is InChI=1S/C17H23N3O2/c1-16(2,3)22-15(21)20-10-7-17(13-18,8-11-20)12-14-6-4-5-9-19-14/h4-6,9H,7-8,10-12H2,1-3H3. The van der Waals surface area contributed by atoms with Gasteiger partial charge < -0.3 is 9.64 Å². The van der Waals surface area contributed by atoms with E-state index >= 15 is 0 Å². The maximum atomic E-state index is 12.1. The Morgan fingerprint density at radius 3 is 2.59 bits per heavy atom. The Morgan fingerprint density at radius 1 is 1.41 bits per heavy atom. The van der Waals surface area contributed by atoms with Gasteiger partial charge in [-0.05, 0) is 45.7 Å². The van der Waals surface area contributed by atoms with Crippen molar-refractivity contribution >= 4 is 6.09 Å². The number of hydrogen-bond acceptors (Lipinski definition) is 4. The number of carbonyl (C=O) groups is 1. The normalized spacial score (nSPS) is 17.6. The number of rotatable bonds is 2. The highest BCUT2D eigenvalue weighted by Gasteiger charge is 2.37. The lowest BCUT2D eigenvalue weighted by Crippen LogP contribution is -2.45. The fraction of sp³-hybridized carbons (Fsp3) is 0.588. The average Bonchev–Trinajstić information content (AvgIpc) is 2.47. The Kier molecular flexibility index (Phi) is 4.70. The Labute approximate surface area is 131 Å². The van der Waals surface area contributed by atoms with E-state index in [1.807, 2.05) is 39.0 Å². The number of carbonyl (C=O) groups excluding carboxylic acids is 1. The van der Waals surface area contributed by atoms with Crippen molar-refractivity contribution in [3.63, 3.8) is 0 Å². The second-order valence-corrected chi connectivity index (χ2v) is 6.86. The van der Waals surface area contributed by atoms with Crippen LogP contribution >= 0.6 is 0 Å². The van der Waals surface area contributed by atoms with Crippen LogP contribution < -0.4 is 0 Å². The zero-order valence-electron chi connectivity index (χ0n) is 13.5. The van der Waals surface area contributed by atoms with Crippen molar-refractivity contribution in [1.82, 2.24) is 9.88 Å². The van der Waals surface area contributed by atoms with Crippen LogP contribution in [0.25, 0.3) is 0 Å². The van der Waals surface area contributed by atoms with Gasteiger partial charge in [-0.15, -0.1) is 0 Å². The molecule has 0 saturated carbocycles. The summed E-state index contributed by atoms with van der Waals surface area (Å²) < 4.78 is 5.39. The highest BCUT2D eigenvalue weighted by molar-refractivity contribution is 5.68. The molecule has 0 spiro atoms. The number of pyridine rings is 1. The highest BCUT2D eigenvalue weighted by atomic mass is 16.6. The number of nitrogens with zero attached hydrogens (tertiary/aromatic N) is 3. The van der Waals surface area contributed by atoms with Crippen LogP contribution in [0.1, 0.15) is 39.3 Å². The lowest BCUT2D eigenvalue weighted by atomic mass is 9.76. The van der Waals surface area contributed by atoms with E-state index < -0.39 is 11.0 Å². The van der Waals surface area contributed by atoms with Crippen LogP contribution in [0.3, 0.4) is 0 Å². The molecule has 1 amide bonds. The zero-order valence-corrected chi connectivity index (χ0v) is 13.5. The smallest absolute Gasteiger partial charge is 0.410 e. The van der Waals surface area contributed by atoms with E-state index in [9.17, 15) is 10.1 Å². The zero-order chi connectivity index (χ0) is 16.2. The van der Waals surface area contributed by atoms with Crippen LogP contribution in [0.5, 0.6) is 0 Å². The van der Waals surface area contributed by atoms with Gasteiger partial charge in [0.15, 0.2) is 0 Å². The molecule has 1 fully saturated rings. The van der Waals surface area contributed by atoms with Gasteiger partial charge >= 0.3 is 6.09 Å². The van der Waals surface area contributed by atoms with Gasteiger partial charge in [-0.25, -0.2) is 4.79 Å². The molecule has 0 radical (unpaired) electrons. The average molecular weight is 301 g/mol. The maximum Gasteiger partial charge on any atom is 0.410 e. The molecule has 5 nitrogen and oxygen atoms in total. The fourth-order valence-electron chi connectivity index (χ4n) is 2.62. The van der Waals surface area contributed by atoms with E-state index in [1.54, 1.807) is 11.1 Å². The lowest BCUT2D eigenvalue weighted by molar-refractivity contribution is 0.0148. The van der Waals surface area contributed by atoms with E-state index in [4.69, 9.17) is 4.74 Å². The van der Waals surface area contributed by atoms with Gasteiger partial charge in [-0.1, -0.05) is 6.07 Å². The molecule has 5 heteroatoms. The highest BCUT2D eigenvalue weighted by Crippen LogP contribution is 2.34. The van der Waals surface area contributed by atoms with Crippen molar-refractivity contribution in [1.29, 1.82) is 5.26 Å². The summed E-state index contributed by atoms with van der Waals surface area (Å²) in [4.78, 5) is 18.1. The number of nitriles is 1. The molecule has 118 valence electrons. The van der Waals surface area contributed by atoms with Crippen molar-refractivity contribution < 1.29 is 9.53 Å². The second-order valence-electron chi connectivity index (χ2n) is 6.86. The van der Waals surface area contributed by atoms with Gasteiger partial charge in [0, 0.05) is 31.4 Å². The van der Waals surface area contributed by atoms with Gasteiger partial charge in [-0.3, -0.25) is 4.98 Å². The monoisotopic (exact) mass is 301 g/mol. The Balaban J connectivity index is 1.97. The molecule has 1 aliphatic rings. The first-order valence-corrected chi connectivity index (χ1v) is 7.63. The first-order chi connectivity index (χ1) is 10.3. The summed E-state index contributed by atoms with van der Waals surface area (Å²) in [5.41, 5.74) is -0.00319. The van der Waals surface area contributed by atoms with Crippen LogP contribution in [0.15, 0.2) is 24.4 Å². The molecule has 1 aliphatic heterocycles. The minimum absolute atomic E-state index is 0.295. The molecule has 0 unspecified atom stereocenters. The summed E-state index contributed by atoms with van der Waals surface area (Å²) >= 11 is 0. The molecule has 1 aromatic heterocycles. The quantitative estimate of drug-likeness (QED) is 0.841. The summed E-state index contributed by atoms with van der Waals surface area (Å²) in [7, 11) is 0. The minimum atomic E-state index is -0.491. The number of amides is 1. The van der Waals surface area contributed by atoms with Crippen LogP contribution in [0, 0.1) is 16.7 Å². The van der Waals surface area contributed by atoms with Crippen molar-refractivity contribution in [2.75, 3.05) is 13.1 Å². The van der Waals surface area contributed by atoms with Crippen LogP contribution in [-0.2, 0) is 11.2 Å². The van der Waals surface area contributed by atoms with Crippen molar-refractivity contribution in [2.24, 2.45) is 5.41 Å². The molecular formula is C17H23N3O2. The lowest BCUT2D eigenvalue weighted by Gasteiger charge is -2.37. The molecular weight excluding hydrogens is 278 g/mol. The third-order valence-corrected chi connectivity index (χ3v) is 3.86. The first kappa shape index (κ1) is 16.3. The first-order valence-electron chi connectivity index (χ1n) is 7.63. The molecule has 0 bridgehead atoms. The van der Waals surface area contributed by atoms with Gasteiger partial charge in [0.25, 0.3) is 0 Å². The number of aromatic nitrogens is 1. The Bertz CT molecular complexity index is 550. The Hall–Kier alpha value is -2.09. The van der Waals surface area contributed by atoms with Crippen LogP contribution in [0.2, 0.25) is 0 Å². The summed E-state index contributed by atoms with van der Waals surface area (Å²) in [5, 5.41) is 9.60. The molecule has 2 heterocycles. The number of piperidine rings is 1. The molecule has 0 aromatic carbocycles. The van der Waals surface area contributed by atoms with Crippen molar-refractivity contribution in [2.45, 2.75) is 45.6 Å². The molecule has 0 aliphatic carbocycles. The third-order valence-electron chi connectivity index (χ3n) is 3.86. The van der Waals surface area contributed by atoms with Crippen LogP contribution in [-0.4, -0.2) is 34.7 Å². The summed E-state index contributed by atoms with van der Waals surface area (Å²) in [5.74, 6) is 0. The second kappa shape index (κ2) is 6.35. The van der Waals surface area contributed by atoms with E-state index in [0.717, 1.165) is 5.69 Å². The summed E-state index contributed by atoms with van der Waals surface area (Å²) in [6.07, 6.45) is 3.39. The van der Waals surface area contributed by atoms with Gasteiger partial charge in [0.2, 0.25) is 0 Å². The van der Waals surface area contributed by atoms with Crippen molar-refractivity contribution in [3.05, 3.63) is 30.1 Å². The summed E-state index contributed by atoms with van der Waals surface area (Å²) in [6.45, 7) is 6.67. The molecule has 1 aromatic rings. The molecule has 1 saturated heterocycles. The largest absolute Gasteiger partial charge is 0.444 e. The number of hydrogen-bond donors (Lipinski definition) is 0. The van der Waals surface area contributed by atoms with E-state index in [-0.39, 0.29) is 6.09 Å². The van der Waals surface area contributed by atoms with E-state index in [2.05, 4.69) is 11.1 Å². The third kappa shape index (κ3) is 4.20. The predicted octanol–water partition coefficient (Wildman–Crippen LogP) is 3.16. The topological polar surface area (TPSA) is 66.2 Å². The van der Waals surface area contributed by atoms with E-state index in [0.29, 0.717) is 32.4 Å². The van der Waals surface area contributed by atoms with Gasteiger partial charge in [0.1, 0.15) is 5.60 Å². The SMILES string of the molecule is CC(C)(C)OC(=O)N1CCC(C#N)(Cc2ccccn2)CC1. The van der Waals surface area contributed by atoms with E-state index in [1.165, 1.54) is 0 Å². The minimum Gasteiger partial charge on any atom is -0.444 e. The predicted molar refractivity (Wildman–Crippen MR) is 83.0 cm³/mol. The Morgan fingerprint density at radius 2 is 2.09 bits per heavy atom.